The quantitative estimate of drug-likeness (QED) is 0.754. The molecule has 1 fully saturated rings. The Morgan fingerprint density at radius 1 is 1.56 bits per heavy atom. The SMILES string of the molecule is CC(C)COCCCn1cncc1C1CCNC1. The van der Waals surface area contributed by atoms with Gasteiger partial charge in [-0.2, -0.15) is 0 Å². The molecule has 1 unspecified atom stereocenters. The topological polar surface area (TPSA) is 39.1 Å². The lowest BCUT2D eigenvalue weighted by atomic mass is 10.1. The van der Waals surface area contributed by atoms with Crippen LogP contribution in [-0.4, -0.2) is 35.9 Å². The molecule has 1 aromatic heterocycles. The Morgan fingerprint density at radius 3 is 3.17 bits per heavy atom. The minimum atomic E-state index is 0.623. The van der Waals surface area contributed by atoms with Crippen molar-refractivity contribution in [2.45, 2.75) is 39.2 Å². The summed E-state index contributed by atoms with van der Waals surface area (Å²) in [4.78, 5) is 4.29. The molecule has 2 rings (SSSR count). The molecule has 1 aliphatic rings. The van der Waals surface area contributed by atoms with Gasteiger partial charge in [-0.15, -0.1) is 0 Å². The summed E-state index contributed by atoms with van der Waals surface area (Å²) in [6.07, 6.45) is 6.27. The van der Waals surface area contributed by atoms with Crippen LogP contribution in [0.5, 0.6) is 0 Å². The normalized spacial score (nSPS) is 19.8. The second-order valence-corrected chi connectivity index (χ2v) is 5.52. The van der Waals surface area contributed by atoms with Crippen LogP contribution in [0.1, 0.15) is 38.3 Å². The molecule has 18 heavy (non-hydrogen) atoms. The van der Waals surface area contributed by atoms with Crippen LogP contribution >= 0.6 is 0 Å². The van der Waals surface area contributed by atoms with Crippen molar-refractivity contribution in [3.8, 4) is 0 Å². The Bertz CT molecular complexity index is 343. The molecule has 0 aromatic carbocycles. The van der Waals surface area contributed by atoms with Crippen molar-refractivity contribution in [2.24, 2.45) is 5.92 Å². The van der Waals surface area contributed by atoms with Crippen LogP contribution in [0.4, 0.5) is 0 Å². The molecule has 2 heterocycles. The second kappa shape index (κ2) is 6.90. The van der Waals surface area contributed by atoms with Gasteiger partial charge in [-0.25, -0.2) is 4.98 Å². The van der Waals surface area contributed by atoms with Crippen molar-refractivity contribution in [1.82, 2.24) is 14.9 Å². The summed E-state index contributed by atoms with van der Waals surface area (Å²) >= 11 is 0. The first kappa shape index (κ1) is 13.6. The van der Waals surface area contributed by atoms with Crippen molar-refractivity contribution >= 4 is 0 Å². The minimum Gasteiger partial charge on any atom is -0.381 e. The molecule has 0 saturated carbocycles. The van der Waals surface area contributed by atoms with E-state index in [4.69, 9.17) is 4.74 Å². The lowest BCUT2D eigenvalue weighted by Gasteiger charge is -2.13. The number of ether oxygens (including phenoxy) is 1. The highest BCUT2D eigenvalue weighted by Crippen LogP contribution is 2.21. The standard InChI is InChI=1S/C14H25N3O/c1-12(2)10-18-7-3-6-17-11-16-9-14(17)13-4-5-15-8-13/h9,11-13,15H,3-8,10H2,1-2H3. The summed E-state index contributed by atoms with van der Waals surface area (Å²) < 4.78 is 7.90. The molecule has 1 aliphatic heterocycles. The average Bonchev–Trinajstić information content (AvgIpc) is 2.97. The molecule has 0 spiro atoms. The van der Waals surface area contributed by atoms with Gasteiger partial charge >= 0.3 is 0 Å². The summed E-state index contributed by atoms with van der Waals surface area (Å²) in [5.41, 5.74) is 1.38. The Morgan fingerprint density at radius 2 is 2.44 bits per heavy atom. The average molecular weight is 251 g/mol. The number of aromatic nitrogens is 2. The van der Waals surface area contributed by atoms with E-state index < -0.39 is 0 Å². The maximum absolute atomic E-state index is 5.61. The van der Waals surface area contributed by atoms with Crippen LogP contribution in [0, 0.1) is 5.92 Å². The predicted octanol–water partition coefficient (Wildman–Crippen LogP) is 2.02. The molecule has 1 atom stereocenters. The molecule has 102 valence electrons. The van der Waals surface area contributed by atoms with Gasteiger partial charge in [-0.05, 0) is 25.3 Å². The number of hydrogen-bond acceptors (Lipinski definition) is 3. The Hall–Kier alpha value is -0.870. The van der Waals surface area contributed by atoms with Gasteiger partial charge in [0.2, 0.25) is 0 Å². The van der Waals surface area contributed by atoms with Gasteiger partial charge in [0, 0.05) is 44.1 Å². The van der Waals surface area contributed by atoms with E-state index in [1.54, 1.807) is 0 Å². The van der Waals surface area contributed by atoms with Crippen molar-refractivity contribution < 1.29 is 4.74 Å². The third-order valence-corrected chi connectivity index (χ3v) is 3.36. The van der Waals surface area contributed by atoms with E-state index in [-0.39, 0.29) is 0 Å². The van der Waals surface area contributed by atoms with E-state index in [1.807, 2.05) is 12.5 Å². The Balaban J connectivity index is 1.74. The van der Waals surface area contributed by atoms with Gasteiger partial charge in [0.1, 0.15) is 0 Å². The lowest BCUT2D eigenvalue weighted by Crippen LogP contribution is -2.12. The Kier molecular flexibility index (Phi) is 5.20. The lowest BCUT2D eigenvalue weighted by molar-refractivity contribution is 0.105. The first-order chi connectivity index (χ1) is 8.77. The fourth-order valence-electron chi connectivity index (χ4n) is 2.42. The zero-order valence-corrected chi connectivity index (χ0v) is 11.6. The minimum absolute atomic E-state index is 0.623. The van der Waals surface area contributed by atoms with Crippen molar-refractivity contribution in [3.05, 3.63) is 18.2 Å². The third-order valence-electron chi connectivity index (χ3n) is 3.36. The van der Waals surface area contributed by atoms with Crippen molar-refractivity contribution in [3.63, 3.8) is 0 Å². The number of nitrogens with zero attached hydrogens (tertiary/aromatic N) is 2. The third kappa shape index (κ3) is 3.82. The zero-order chi connectivity index (χ0) is 12.8. The summed E-state index contributed by atoms with van der Waals surface area (Å²) in [6.45, 7) is 9.32. The smallest absolute Gasteiger partial charge is 0.0948 e. The fourth-order valence-corrected chi connectivity index (χ4v) is 2.42. The molecular formula is C14H25N3O. The summed E-state index contributed by atoms with van der Waals surface area (Å²) in [5.74, 6) is 1.27. The van der Waals surface area contributed by atoms with Gasteiger partial charge in [0.05, 0.1) is 6.33 Å². The highest BCUT2D eigenvalue weighted by molar-refractivity contribution is 5.09. The van der Waals surface area contributed by atoms with Crippen LogP contribution < -0.4 is 5.32 Å². The number of rotatable bonds is 7. The van der Waals surface area contributed by atoms with Crippen LogP contribution in [0.25, 0.3) is 0 Å². The van der Waals surface area contributed by atoms with Crippen molar-refractivity contribution in [2.75, 3.05) is 26.3 Å². The van der Waals surface area contributed by atoms with Crippen LogP contribution in [0.2, 0.25) is 0 Å². The highest BCUT2D eigenvalue weighted by atomic mass is 16.5. The van der Waals surface area contributed by atoms with Crippen LogP contribution in [-0.2, 0) is 11.3 Å². The molecule has 0 amide bonds. The van der Waals surface area contributed by atoms with E-state index >= 15 is 0 Å². The first-order valence-corrected chi connectivity index (χ1v) is 7.06. The maximum Gasteiger partial charge on any atom is 0.0948 e. The van der Waals surface area contributed by atoms with Gasteiger partial charge in [-0.3, -0.25) is 0 Å². The molecule has 1 N–H and O–H groups in total. The molecule has 4 heteroatoms. The predicted molar refractivity (Wildman–Crippen MR) is 72.7 cm³/mol. The van der Waals surface area contributed by atoms with Crippen LogP contribution in [0.3, 0.4) is 0 Å². The van der Waals surface area contributed by atoms with Gasteiger partial charge in [0.25, 0.3) is 0 Å². The largest absolute Gasteiger partial charge is 0.381 e. The van der Waals surface area contributed by atoms with Crippen molar-refractivity contribution in [1.29, 1.82) is 0 Å². The van der Waals surface area contributed by atoms with Gasteiger partial charge < -0.3 is 14.6 Å². The number of aryl methyl sites for hydroxylation is 1. The molecule has 0 bridgehead atoms. The summed E-state index contributed by atoms with van der Waals surface area (Å²) in [6, 6.07) is 0. The second-order valence-electron chi connectivity index (χ2n) is 5.52. The number of nitrogens with one attached hydrogen (secondary N) is 1. The zero-order valence-electron chi connectivity index (χ0n) is 11.6. The molecule has 1 aromatic rings. The molecule has 0 radical (unpaired) electrons. The molecule has 1 saturated heterocycles. The number of imidazole rings is 1. The molecule has 4 nitrogen and oxygen atoms in total. The van der Waals surface area contributed by atoms with E-state index in [2.05, 4.69) is 28.7 Å². The van der Waals surface area contributed by atoms with E-state index in [9.17, 15) is 0 Å². The first-order valence-electron chi connectivity index (χ1n) is 7.06. The van der Waals surface area contributed by atoms with E-state index in [1.165, 1.54) is 12.1 Å². The maximum atomic E-state index is 5.61. The summed E-state index contributed by atoms with van der Waals surface area (Å²) in [5, 5.41) is 3.41. The fraction of sp³-hybridized carbons (Fsp3) is 0.786. The number of hydrogen-bond donors (Lipinski definition) is 1. The summed E-state index contributed by atoms with van der Waals surface area (Å²) in [7, 11) is 0. The van der Waals surface area contributed by atoms with E-state index in [0.717, 1.165) is 39.3 Å². The van der Waals surface area contributed by atoms with Crippen LogP contribution in [0.15, 0.2) is 12.5 Å². The van der Waals surface area contributed by atoms with E-state index in [0.29, 0.717) is 11.8 Å². The highest BCUT2D eigenvalue weighted by Gasteiger charge is 2.19. The monoisotopic (exact) mass is 251 g/mol. The molecule has 0 aliphatic carbocycles. The van der Waals surface area contributed by atoms with Gasteiger partial charge in [-0.1, -0.05) is 13.8 Å². The van der Waals surface area contributed by atoms with Gasteiger partial charge in [0.15, 0.2) is 0 Å². The molecular weight excluding hydrogens is 226 g/mol. The Labute approximate surface area is 110 Å².